The molecule has 1 unspecified atom stereocenters. The van der Waals surface area contributed by atoms with Crippen LogP contribution in [0.4, 0.5) is 10.5 Å². The van der Waals surface area contributed by atoms with E-state index in [1.807, 2.05) is 54.6 Å². The molecule has 30 heavy (non-hydrogen) atoms. The monoisotopic (exact) mass is 402 g/mol. The molecule has 3 saturated heterocycles. The van der Waals surface area contributed by atoms with Crippen LogP contribution >= 0.6 is 0 Å². The number of fused-ring (bicyclic) bond motifs is 5. The van der Waals surface area contributed by atoms with Crippen LogP contribution in [0, 0.1) is 0 Å². The SMILES string of the molecule is CN1C(=O)[C@@]2(c3ccccc31)N1CCC[C@@H]1C(c1ccccc1)[C@@]21NC(=O)NC1=O. The Bertz CT molecular complexity index is 1100. The van der Waals surface area contributed by atoms with E-state index >= 15 is 0 Å². The van der Waals surface area contributed by atoms with Gasteiger partial charge in [0.2, 0.25) is 0 Å². The molecule has 0 bridgehead atoms. The molecule has 7 heteroatoms. The number of amides is 4. The lowest BCUT2D eigenvalue weighted by molar-refractivity contribution is -0.139. The summed E-state index contributed by atoms with van der Waals surface area (Å²) >= 11 is 0. The number of rotatable bonds is 1. The van der Waals surface area contributed by atoms with Gasteiger partial charge in [-0.25, -0.2) is 4.79 Å². The van der Waals surface area contributed by atoms with Crippen molar-refractivity contribution >= 4 is 23.5 Å². The van der Waals surface area contributed by atoms with Crippen LogP contribution in [0.25, 0.3) is 0 Å². The largest absolute Gasteiger partial charge is 0.322 e. The molecule has 2 N–H and O–H groups in total. The highest BCUT2D eigenvalue weighted by Crippen LogP contribution is 2.63. The topological polar surface area (TPSA) is 81.8 Å². The van der Waals surface area contributed by atoms with Gasteiger partial charge in [-0.3, -0.25) is 19.8 Å². The number of imide groups is 1. The molecule has 2 aromatic rings. The molecule has 3 fully saturated rings. The molecule has 4 atom stereocenters. The molecule has 4 aliphatic heterocycles. The second-order valence-corrected chi connectivity index (χ2v) is 8.60. The Balaban J connectivity index is 1.72. The number of hydrogen-bond acceptors (Lipinski definition) is 4. The Morgan fingerprint density at radius 3 is 2.47 bits per heavy atom. The third-order valence-corrected chi connectivity index (χ3v) is 7.48. The van der Waals surface area contributed by atoms with E-state index in [1.165, 1.54) is 0 Å². The van der Waals surface area contributed by atoms with E-state index in [2.05, 4.69) is 15.5 Å². The zero-order valence-electron chi connectivity index (χ0n) is 16.6. The highest BCUT2D eigenvalue weighted by molar-refractivity contribution is 6.18. The second-order valence-electron chi connectivity index (χ2n) is 8.60. The molecular weight excluding hydrogens is 380 g/mol. The molecule has 4 aliphatic rings. The van der Waals surface area contributed by atoms with E-state index in [4.69, 9.17) is 0 Å². The van der Waals surface area contributed by atoms with E-state index in [0.717, 1.165) is 29.7 Å². The third kappa shape index (κ3) is 1.74. The number of nitrogens with zero attached hydrogens (tertiary/aromatic N) is 2. The van der Waals surface area contributed by atoms with Crippen molar-refractivity contribution in [3.05, 3.63) is 65.7 Å². The average molecular weight is 402 g/mol. The van der Waals surface area contributed by atoms with Crippen LogP contribution in [-0.2, 0) is 15.1 Å². The summed E-state index contributed by atoms with van der Waals surface area (Å²) in [6.07, 6.45) is 1.81. The van der Waals surface area contributed by atoms with Crippen molar-refractivity contribution in [2.24, 2.45) is 0 Å². The van der Waals surface area contributed by atoms with Crippen molar-refractivity contribution < 1.29 is 14.4 Å². The first-order valence-electron chi connectivity index (χ1n) is 10.4. The fourth-order valence-corrected chi connectivity index (χ4v) is 6.57. The van der Waals surface area contributed by atoms with Crippen LogP contribution in [0.3, 0.4) is 0 Å². The molecule has 152 valence electrons. The number of hydrogen-bond donors (Lipinski definition) is 2. The lowest BCUT2D eigenvalue weighted by Gasteiger charge is -2.43. The third-order valence-electron chi connectivity index (χ3n) is 7.48. The Morgan fingerprint density at radius 2 is 1.73 bits per heavy atom. The number of carbonyl (C=O) groups is 3. The number of anilines is 1. The second kappa shape index (κ2) is 5.70. The van der Waals surface area contributed by atoms with Crippen molar-refractivity contribution in [2.45, 2.75) is 35.9 Å². The van der Waals surface area contributed by atoms with Gasteiger partial charge < -0.3 is 10.2 Å². The van der Waals surface area contributed by atoms with Crippen LogP contribution in [0.5, 0.6) is 0 Å². The summed E-state index contributed by atoms with van der Waals surface area (Å²) in [6, 6.07) is 16.9. The molecule has 0 aliphatic carbocycles. The molecule has 2 spiro atoms. The number of likely N-dealkylation sites (N-methyl/N-ethyl adjacent to an activating group) is 1. The molecule has 0 radical (unpaired) electrons. The van der Waals surface area contributed by atoms with Gasteiger partial charge in [-0.2, -0.15) is 0 Å². The van der Waals surface area contributed by atoms with E-state index in [-0.39, 0.29) is 17.9 Å². The van der Waals surface area contributed by atoms with Crippen molar-refractivity contribution in [3.8, 4) is 0 Å². The van der Waals surface area contributed by atoms with Crippen molar-refractivity contribution in [3.63, 3.8) is 0 Å². The maximum atomic E-state index is 14.1. The maximum absolute atomic E-state index is 14.1. The number of urea groups is 1. The van der Waals surface area contributed by atoms with Crippen LogP contribution in [0.1, 0.15) is 29.9 Å². The fourth-order valence-electron chi connectivity index (χ4n) is 6.57. The molecule has 7 nitrogen and oxygen atoms in total. The van der Waals surface area contributed by atoms with Crippen LogP contribution < -0.4 is 15.5 Å². The first kappa shape index (κ1) is 17.7. The quantitative estimate of drug-likeness (QED) is 0.712. The molecular formula is C23H22N4O3. The zero-order chi connectivity index (χ0) is 20.7. The van der Waals surface area contributed by atoms with E-state index in [9.17, 15) is 14.4 Å². The summed E-state index contributed by atoms with van der Waals surface area (Å²) in [7, 11) is 1.75. The lowest BCUT2D eigenvalue weighted by atomic mass is 9.65. The number of benzene rings is 2. The van der Waals surface area contributed by atoms with Crippen molar-refractivity contribution in [1.29, 1.82) is 0 Å². The minimum atomic E-state index is -1.41. The molecule has 0 aromatic heterocycles. The van der Waals surface area contributed by atoms with Gasteiger partial charge in [0.15, 0.2) is 11.1 Å². The first-order chi connectivity index (χ1) is 14.5. The van der Waals surface area contributed by atoms with E-state index in [1.54, 1.807) is 11.9 Å². The standard InChI is InChI=1S/C23H22N4O3/c1-26-16-11-6-5-10-15(16)23(20(26)29)22(19(28)24-21(30)25-22)18(14-8-3-2-4-9-14)17-12-7-13-27(17)23/h2-6,8-11,17-18H,7,12-13H2,1H3,(H2,24,25,28,30)/t17-,18?,22+,23-/m1/s1. The van der Waals surface area contributed by atoms with Crippen molar-refractivity contribution in [2.75, 3.05) is 18.5 Å². The summed E-state index contributed by atoms with van der Waals surface area (Å²) in [5.74, 6) is -0.920. The van der Waals surface area contributed by atoms with Crippen LogP contribution in [0.2, 0.25) is 0 Å². The summed E-state index contributed by atoms with van der Waals surface area (Å²) in [6.45, 7) is 0.701. The van der Waals surface area contributed by atoms with Gasteiger partial charge in [0.1, 0.15) is 0 Å². The normalized spacial score (nSPS) is 34.6. The van der Waals surface area contributed by atoms with Gasteiger partial charge >= 0.3 is 6.03 Å². The highest BCUT2D eigenvalue weighted by Gasteiger charge is 2.80. The molecule has 0 saturated carbocycles. The van der Waals surface area contributed by atoms with Gasteiger partial charge in [0.25, 0.3) is 11.8 Å². The Morgan fingerprint density at radius 1 is 1.00 bits per heavy atom. The number of carbonyl (C=O) groups excluding carboxylic acids is 3. The molecule has 6 rings (SSSR count). The van der Waals surface area contributed by atoms with E-state index < -0.39 is 23.0 Å². The fraction of sp³-hybridized carbons (Fsp3) is 0.348. The zero-order valence-corrected chi connectivity index (χ0v) is 16.6. The predicted molar refractivity (Wildman–Crippen MR) is 110 cm³/mol. The Labute approximate surface area is 174 Å². The van der Waals surface area contributed by atoms with Gasteiger partial charge in [-0.05, 0) is 31.0 Å². The first-order valence-corrected chi connectivity index (χ1v) is 10.4. The number of nitrogens with one attached hydrogen (secondary N) is 2. The molecule has 2 aromatic carbocycles. The Kier molecular flexibility index (Phi) is 3.35. The molecule has 4 heterocycles. The van der Waals surface area contributed by atoms with Gasteiger partial charge in [0, 0.05) is 30.3 Å². The maximum Gasteiger partial charge on any atom is 0.322 e. The highest BCUT2D eigenvalue weighted by atomic mass is 16.2. The lowest BCUT2D eigenvalue weighted by Crippen LogP contribution is -2.69. The summed E-state index contributed by atoms with van der Waals surface area (Å²) in [4.78, 5) is 44.1. The average Bonchev–Trinajstić information content (AvgIpc) is 3.45. The van der Waals surface area contributed by atoms with Crippen molar-refractivity contribution in [1.82, 2.24) is 15.5 Å². The van der Waals surface area contributed by atoms with E-state index in [0.29, 0.717) is 6.54 Å². The minimum Gasteiger partial charge on any atom is -0.320 e. The summed E-state index contributed by atoms with van der Waals surface area (Å²) in [5.41, 5.74) is -0.135. The Hall–Kier alpha value is -3.19. The van der Waals surface area contributed by atoms with Gasteiger partial charge in [-0.1, -0.05) is 48.5 Å². The van der Waals surface area contributed by atoms with Crippen LogP contribution in [0.15, 0.2) is 54.6 Å². The minimum absolute atomic E-state index is 0.0277. The van der Waals surface area contributed by atoms with Crippen LogP contribution in [-0.4, -0.2) is 47.9 Å². The van der Waals surface area contributed by atoms with Gasteiger partial charge in [0.05, 0.1) is 0 Å². The summed E-state index contributed by atoms with van der Waals surface area (Å²) < 4.78 is 0. The smallest absolute Gasteiger partial charge is 0.320 e. The number of para-hydroxylation sites is 1. The van der Waals surface area contributed by atoms with Gasteiger partial charge in [-0.15, -0.1) is 0 Å². The summed E-state index contributed by atoms with van der Waals surface area (Å²) in [5, 5.41) is 5.46. The molecule has 4 amide bonds. The predicted octanol–water partition coefficient (Wildman–Crippen LogP) is 1.70.